The van der Waals surface area contributed by atoms with Crippen molar-refractivity contribution in [1.82, 2.24) is 0 Å². The van der Waals surface area contributed by atoms with Gasteiger partial charge in [0, 0.05) is 23.2 Å². The Morgan fingerprint density at radius 2 is 2.08 bits per heavy atom. The quantitative estimate of drug-likeness (QED) is 0.780. The second-order valence-electron chi connectivity index (χ2n) is 6.18. The summed E-state index contributed by atoms with van der Waals surface area (Å²) in [6, 6.07) is 9.59. The number of anilines is 1. The van der Waals surface area contributed by atoms with Gasteiger partial charge in [0.05, 0.1) is 17.5 Å². The average molecular weight is 393 g/mol. The van der Waals surface area contributed by atoms with E-state index in [0.29, 0.717) is 5.02 Å². The normalized spacial score (nSPS) is 16.6. The van der Waals surface area contributed by atoms with E-state index in [0.717, 1.165) is 30.2 Å². The van der Waals surface area contributed by atoms with Crippen LogP contribution in [-0.2, 0) is 16.4 Å². The number of hydrogen-bond donors (Lipinski definition) is 2. The highest BCUT2D eigenvalue weighted by Gasteiger charge is 2.21. The lowest BCUT2D eigenvalue weighted by Gasteiger charge is -2.07. The first-order valence-corrected chi connectivity index (χ1v) is 10.2. The Labute approximate surface area is 156 Å². The SMILES string of the molecule is CS(=O)(=O)Nc1ccc(C(=O)/N=C/C2CCc3cc(Cl)ccc32)c(O)c1. The molecule has 1 atom stereocenters. The lowest BCUT2D eigenvalue weighted by molar-refractivity contribution is 0.100. The minimum Gasteiger partial charge on any atom is -0.507 e. The molecular formula is C18H17ClN2O4S. The summed E-state index contributed by atoms with van der Waals surface area (Å²) in [4.78, 5) is 16.2. The summed E-state index contributed by atoms with van der Waals surface area (Å²) in [6.45, 7) is 0. The number of aromatic hydroxyl groups is 1. The summed E-state index contributed by atoms with van der Waals surface area (Å²) in [5.74, 6) is -0.894. The Kier molecular flexibility index (Phi) is 5.02. The number of amides is 1. The smallest absolute Gasteiger partial charge is 0.280 e. The number of benzene rings is 2. The van der Waals surface area contributed by atoms with Crippen LogP contribution in [0.1, 0.15) is 33.8 Å². The molecule has 3 rings (SSSR count). The van der Waals surface area contributed by atoms with Crippen molar-refractivity contribution in [3.8, 4) is 5.75 Å². The second kappa shape index (κ2) is 7.09. The van der Waals surface area contributed by atoms with Crippen molar-refractivity contribution in [2.24, 2.45) is 4.99 Å². The number of fused-ring (bicyclic) bond motifs is 1. The zero-order chi connectivity index (χ0) is 18.9. The van der Waals surface area contributed by atoms with Crippen LogP contribution in [0.25, 0.3) is 0 Å². The molecule has 1 unspecified atom stereocenters. The number of nitrogens with zero attached hydrogens (tertiary/aromatic N) is 1. The van der Waals surface area contributed by atoms with E-state index in [9.17, 15) is 18.3 Å². The lowest BCUT2D eigenvalue weighted by atomic mass is 10.0. The van der Waals surface area contributed by atoms with Crippen molar-refractivity contribution in [3.05, 3.63) is 58.1 Å². The zero-order valence-electron chi connectivity index (χ0n) is 13.9. The molecule has 1 amide bonds. The average Bonchev–Trinajstić information content (AvgIpc) is 2.93. The lowest BCUT2D eigenvalue weighted by Crippen LogP contribution is -2.09. The number of aryl methyl sites for hydroxylation is 1. The number of rotatable bonds is 4. The molecule has 1 aliphatic rings. The number of halogens is 1. The van der Waals surface area contributed by atoms with Gasteiger partial charge >= 0.3 is 0 Å². The number of phenols is 1. The Hall–Kier alpha value is -2.38. The maximum absolute atomic E-state index is 12.3. The number of sulfonamides is 1. The van der Waals surface area contributed by atoms with Crippen LogP contribution in [0, 0.1) is 0 Å². The van der Waals surface area contributed by atoms with Crippen LogP contribution >= 0.6 is 11.6 Å². The molecule has 0 aliphatic heterocycles. The number of carbonyl (C=O) groups excluding carboxylic acids is 1. The minimum absolute atomic E-state index is 0.00891. The van der Waals surface area contributed by atoms with E-state index >= 15 is 0 Å². The van der Waals surface area contributed by atoms with E-state index < -0.39 is 15.9 Å². The molecule has 0 aromatic heterocycles. The maximum atomic E-state index is 12.3. The fraction of sp³-hybridized carbons (Fsp3) is 0.222. The Balaban J connectivity index is 1.76. The first-order chi connectivity index (χ1) is 12.2. The molecule has 136 valence electrons. The van der Waals surface area contributed by atoms with Gasteiger partial charge in [0.2, 0.25) is 10.0 Å². The summed E-state index contributed by atoms with van der Waals surface area (Å²) in [6.07, 6.45) is 4.30. The van der Waals surface area contributed by atoms with E-state index in [1.165, 1.54) is 18.2 Å². The topological polar surface area (TPSA) is 95.8 Å². The number of nitrogens with one attached hydrogen (secondary N) is 1. The highest BCUT2D eigenvalue weighted by Crippen LogP contribution is 2.33. The van der Waals surface area contributed by atoms with E-state index in [-0.39, 0.29) is 22.9 Å². The van der Waals surface area contributed by atoms with Gasteiger partial charge in [-0.25, -0.2) is 13.4 Å². The first kappa shape index (κ1) is 18.4. The van der Waals surface area contributed by atoms with Crippen LogP contribution in [0.2, 0.25) is 5.02 Å². The molecule has 0 saturated heterocycles. The molecule has 0 heterocycles. The van der Waals surface area contributed by atoms with E-state index in [2.05, 4.69) is 9.71 Å². The maximum Gasteiger partial charge on any atom is 0.280 e. The molecule has 0 saturated carbocycles. The monoisotopic (exact) mass is 392 g/mol. The van der Waals surface area contributed by atoms with Crippen LogP contribution in [0.3, 0.4) is 0 Å². The highest BCUT2D eigenvalue weighted by atomic mass is 35.5. The zero-order valence-corrected chi connectivity index (χ0v) is 15.5. The Bertz CT molecular complexity index is 1000. The Morgan fingerprint density at radius 1 is 1.31 bits per heavy atom. The van der Waals surface area contributed by atoms with Gasteiger partial charge in [-0.05, 0) is 48.2 Å². The molecule has 0 bridgehead atoms. The summed E-state index contributed by atoms with van der Waals surface area (Å²) in [5.41, 5.74) is 2.44. The predicted octanol–water partition coefficient (Wildman–Crippen LogP) is 3.36. The van der Waals surface area contributed by atoms with Crippen LogP contribution < -0.4 is 4.72 Å². The minimum atomic E-state index is -3.46. The predicted molar refractivity (Wildman–Crippen MR) is 102 cm³/mol. The standard InChI is InChI=1S/C18H17ClN2O4S/c1-26(24,25)21-14-5-7-16(17(22)9-14)18(23)20-10-12-3-2-11-8-13(19)4-6-15(11)12/h4-10,12,21-22H,2-3H2,1H3/b20-10+. The number of hydrogen-bond acceptors (Lipinski definition) is 4. The second-order valence-corrected chi connectivity index (χ2v) is 8.36. The van der Waals surface area contributed by atoms with Gasteiger partial charge < -0.3 is 5.11 Å². The molecule has 2 aromatic carbocycles. The third-order valence-electron chi connectivity index (χ3n) is 4.13. The summed E-state index contributed by atoms with van der Waals surface area (Å²) in [7, 11) is -3.46. The molecule has 2 aromatic rings. The molecule has 26 heavy (non-hydrogen) atoms. The molecule has 2 N–H and O–H groups in total. The van der Waals surface area contributed by atoms with Gasteiger partial charge in [-0.2, -0.15) is 0 Å². The van der Waals surface area contributed by atoms with Gasteiger partial charge in [0.1, 0.15) is 5.75 Å². The van der Waals surface area contributed by atoms with Crippen molar-refractivity contribution in [3.63, 3.8) is 0 Å². The van der Waals surface area contributed by atoms with Gasteiger partial charge in [-0.3, -0.25) is 9.52 Å². The van der Waals surface area contributed by atoms with Crippen molar-refractivity contribution >= 4 is 39.4 Å². The summed E-state index contributed by atoms with van der Waals surface area (Å²) < 4.78 is 24.7. The van der Waals surface area contributed by atoms with Gasteiger partial charge in [0.25, 0.3) is 5.91 Å². The molecule has 6 nitrogen and oxygen atoms in total. The summed E-state index contributed by atoms with van der Waals surface area (Å²) in [5, 5.41) is 10.7. The fourth-order valence-electron chi connectivity index (χ4n) is 2.99. The van der Waals surface area contributed by atoms with Crippen molar-refractivity contribution in [2.45, 2.75) is 18.8 Å². The van der Waals surface area contributed by atoms with Crippen LogP contribution in [0.5, 0.6) is 5.75 Å². The molecule has 0 spiro atoms. The van der Waals surface area contributed by atoms with E-state index in [1.807, 2.05) is 18.2 Å². The number of carbonyl (C=O) groups is 1. The summed E-state index contributed by atoms with van der Waals surface area (Å²) >= 11 is 5.99. The van der Waals surface area contributed by atoms with Crippen LogP contribution in [0.15, 0.2) is 41.4 Å². The largest absolute Gasteiger partial charge is 0.507 e. The van der Waals surface area contributed by atoms with Crippen molar-refractivity contribution in [1.29, 1.82) is 0 Å². The number of aliphatic imine (C=N–C) groups is 1. The molecule has 0 radical (unpaired) electrons. The highest BCUT2D eigenvalue weighted by molar-refractivity contribution is 7.92. The Morgan fingerprint density at radius 3 is 2.77 bits per heavy atom. The first-order valence-electron chi connectivity index (χ1n) is 7.90. The molecule has 1 aliphatic carbocycles. The third kappa shape index (κ3) is 4.23. The fourth-order valence-corrected chi connectivity index (χ4v) is 3.74. The van der Waals surface area contributed by atoms with E-state index in [1.54, 1.807) is 6.21 Å². The van der Waals surface area contributed by atoms with Crippen LogP contribution in [-0.4, -0.2) is 31.9 Å². The van der Waals surface area contributed by atoms with Crippen LogP contribution in [0.4, 0.5) is 5.69 Å². The van der Waals surface area contributed by atoms with E-state index in [4.69, 9.17) is 11.6 Å². The number of phenolic OH excluding ortho intramolecular Hbond substituents is 1. The molecule has 8 heteroatoms. The van der Waals surface area contributed by atoms with Gasteiger partial charge in [-0.15, -0.1) is 0 Å². The van der Waals surface area contributed by atoms with Crippen molar-refractivity contribution < 1.29 is 18.3 Å². The molecule has 0 fully saturated rings. The third-order valence-corrected chi connectivity index (χ3v) is 4.97. The van der Waals surface area contributed by atoms with Gasteiger partial charge in [-0.1, -0.05) is 17.7 Å². The van der Waals surface area contributed by atoms with Gasteiger partial charge in [0.15, 0.2) is 0 Å². The van der Waals surface area contributed by atoms with Crippen molar-refractivity contribution in [2.75, 3.05) is 11.0 Å². The molecular weight excluding hydrogens is 376 g/mol.